The van der Waals surface area contributed by atoms with Gasteiger partial charge in [0.1, 0.15) is 18.8 Å². The molecule has 0 N–H and O–H groups in total. The van der Waals surface area contributed by atoms with Crippen LogP contribution in [0.25, 0.3) is 0 Å². The largest absolute Gasteiger partial charge is 0.463 e. The predicted molar refractivity (Wildman–Crippen MR) is 90.4 cm³/mol. The average Bonchev–Trinajstić information content (AvgIpc) is 2.53. The van der Waals surface area contributed by atoms with Crippen LogP contribution in [0.1, 0.15) is 34.6 Å². The molecule has 1 rings (SSSR count). The molecule has 158 valence electrons. The summed E-state index contributed by atoms with van der Waals surface area (Å²) >= 11 is 0. The van der Waals surface area contributed by atoms with Crippen LogP contribution >= 0.6 is 0 Å². The van der Waals surface area contributed by atoms with Gasteiger partial charge in [-0.15, -0.1) is 0 Å². The van der Waals surface area contributed by atoms with E-state index in [-0.39, 0.29) is 6.61 Å². The van der Waals surface area contributed by atoms with E-state index in [2.05, 4.69) is 0 Å². The Labute approximate surface area is 162 Å². The minimum absolute atomic E-state index is 0.362. The minimum Gasteiger partial charge on any atom is -0.463 e. The van der Waals surface area contributed by atoms with E-state index in [9.17, 15) is 24.0 Å². The van der Waals surface area contributed by atoms with Gasteiger partial charge >= 0.3 is 23.9 Å². The first-order valence-corrected chi connectivity index (χ1v) is 8.47. The second kappa shape index (κ2) is 10.0. The molecular weight excluding hydrogens is 378 g/mol. The van der Waals surface area contributed by atoms with Crippen molar-refractivity contribution in [3.63, 3.8) is 0 Å². The molecule has 0 aromatic heterocycles. The average molecular weight is 403 g/mol. The summed E-state index contributed by atoms with van der Waals surface area (Å²) in [5.74, 6) is -3.22. The van der Waals surface area contributed by atoms with E-state index < -0.39 is 60.4 Å². The fourth-order valence-electron chi connectivity index (χ4n) is 2.76. The standard InChI is InChI=1S/C17H25NO10/c1-8(19)18(6)14-16(26-11(4)22)15(25-10(3)21)13(7-24-9(2)20)28-17(14)27-12(5)23/h13-17H,7H2,1-6H3. The monoisotopic (exact) mass is 403 g/mol. The van der Waals surface area contributed by atoms with Crippen LogP contribution in [0.4, 0.5) is 0 Å². The number of ether oxygens (including phenoxy) is 5. The van der Waals surface area contributed by atoms with Crippen LogP contribution in [-0.2, 0) is 47.7 Å². The molecule has 0 aromatic rings. The number of nitrogens with zero attached hydrogens (tertiary/aromatic N) is 1. The molecule has 11 nitrogen and oxygen atoms in total. The van der Waals surface area contributed by atoms with Crippen LogP contribution < -0.4 is 0 Å². The molecule has 0 radical (unpaired) electrons. The van der Waals surface area contributed by atoms with E-state index in [1.54, 1.807) is 0 Å². The molecule has 1 heterocycles. The summed E-state index contributed by atoms with van der Waals surface area (Å²) < 4.78 is 26.3. The van der Waals surface area contributed by atoms with Crippen molar-refractivity contribution in [2.45, 2.75) is 65.3 Å². The van der Waals surface area contributed by atoms with Crippen molar-refractivity contribution in [1.82, 2.24) is 4.90 Å². The van der Waals surface area contributed by atoms with Gasteiger partial charge in [-0.1, -0.05) is 0 Å². The summed E-state index contributed by atoms with van der Waals surface area (Å²) in [5.41, 5.74) is 0. The Morgan fingerprint density at radius 2 is 1.29 bits per heavy atom. The Hall–Kier alpha value is -2.69. The predicted octanol–water partition coefficient (Wildman–Crippen LogP) is -0.452. The first-order valence-electron chi connectivity index (χ1n) is 8.47. The highest BCUT2D eigenvalue weighted by molar-refractivity contribution is 5.74. The van der Waals surface area contributed by atoms with E-state index in [0.717, 1.165) is 25.7 Å². The lowest BCUT2D eigenvalue weighted by atomic mass is 9.95. The normalized spacial score (nSPS) is 26.6. The third-order valence-electron chi connectivity index (χ3n) is 3.90. The highest BCUT2D eigenvalue weighted by Crippen LogP contribution is 2.30. The molecule has 0 aliphatic carbocycles. The SMILES string of the molecule is CC(=O)OCC1OC(OC(C)=O)C(N(C)C(C)=O)C(OC(C)=O)C1OC(C)=O. The Morgan fingerprint density at radius 1 is 0.786 bits per heavy atom. The fourth-order valence-corrected chi connectivity index (χ4v) is 2.76. The Balaban J connectivity index is 3.39. The topological polar surface area (TPSA) is 135 Å². The zero-order valence-electron chi connectivity index (χ0n) is 16.6. The molecule has 0 saturated carbocycles. The highest BCUT2D eigenvalue weighted by Gasteiger charge is 2.53. The summed E-state index contributed by atoms with van der Waals surface area (Å²) in [6.45, 7) is 5.46. The van der Waals surface area contributed by atoms with Gasteiger partial charge in [0.15, 0.2) is 12.2 Å². The fraction of sp³-hybridized carbons (Fsp3) is 0.706. The molecule has 5 unspecified atom stereocenters. The maximum Gasteiger partial charge on any atom is 0.305 e. The number of esters is 4. The summed E-state index contributed by atoms with van der Waals surface area (Å²) in [6, 6.07) is -1.11. The third kappa shape index (κ3) is 6.48. The first-order chi connectivity index (χ1) is 12.9. The second-order valence-corrected chi connectivity index (χ2v) is 6.22. The number of rotatable bonds is 6. The van der Waals surface area contributed by atoms with Crippen LogP contribution in [-0.4, -0.2) is 79.0 Å². The van der Waals surface area contributed by atoms with Gasteiger partial charge in [0.05, 0.1) is 0 Å². The van der Waals surface area contributed by atoms with Crippen LogP contribution in [0, 0.1) is 0 Å². The second-order valence-electron chi connectivity index (χ2n) is 6.22. The zero-order valence-corrected chi connectivity index (χ0v) is 16.6. The van der Waals surface area contributed by atoms with Gasteiger partial charge in [-0.3, -0.25) is 24.0 Å². The molecule has 0 aromatic carbocycles. The number of carbonyl (C=O) groups is 5. The quantitative estimate of drug-likeness (QED) is 0.424. The molecular formula is C17H25NO10. The third-order valence-corrected chi connectivity index (χ3v) is 3.90. The lowest BCUT2D eigenvalue weighted by Crippen LogP contribution is -2.66. The van der Waals surface area contributed by atoms with Gasteiger partial charge < -0.3 is 28.6 Å². The zero-order chi connectivity index (χ0) is 21.6. The Kier molecular flexibility index (Phi) is 8.35. The number of hydrogen-bond donors (Lipinski definition) is 0. The van der Waals surface area contributed by atoms with E-state index in [1.807, 2.05) is 0 Å². The van der Waals surface area contributed by atoms with Gasteiger partial charge in [0, 0.05) is 41.7 Å². The maximum atomic E-state index is 11.9. The van der Waals surface area contributed by atoms with Crippen molar-refractivity contribution >= 4 is 29.8 Å². The van der Waals surface area contributed by atoms with Crippen molar-refractivity contribution < 1.29 is 47.7 Å². The maximum absolute atomic E-state index is 11.9. The lowest BCUT2D eigenvalue weighted by Gasteiger charge is -2.47. The molecule has 1 amide bonds. The Morgan fingerprint density at radius 3 is 1.71 bits per heavy atom. The number of carbonyl (C=O) groups excluding carboxylic acids is 5. The van der Waals surface area contributed by atoms with E-state index in [4.69, 9.17) is 23.7 Å². The first kappa shape index (κ1) is 23.3. The van der Waals surface area contributed by atoms with Gasteiger partial charge in [-0.05, 0) is 0 Å². The van der Waals surface area contributed by atoms with Gasteiger partial charge in [0.25, 0.3) is 0 Å². The number of amides is 1. The summed E-state index contributed by atoms with van der Waals surface area (Å²) in [5, 5.41) is 0. The van der Waals surface area contributed by atoms with Gasteiger partial charge in [-0.2, -0.15) is 0 Å². The van der Waals surface area contributed by atoms with E-state index >= 15 is 0 Å². The highest BCUT2D eigenvalue weighted by atomic mass is 16.7. The van der Waals surface area contributed by atoms with Crippen LogP contribution in [0.5, 0.6) is 0 Å². The van der Waals surface area contributed by atoms with Crippen molar-refractivity contribution in [2.24, 2.45) is 0 Å². The summed E-state index contributed by atoms with van der Waals surface area (Å²) in [7, 11) is 1.39. The molecule has 1 aliphatic rings. The van der Waals surface area contributed by atoms with E-state index in [1.165, 1.54) is 20.9 Å². The molecule has 1 fully saturated rings. The smallest absolute Gasteiger partial charge is 0.305 e. The molecule has 28 heavy (non-hydrogen) atoms. The molecule has 1 saturated heterocycles. The molecule has 11 heteroatoms. The summed E-state index contributed by atoms with van der Waals surface area (Å²) in [6.07, 6.45) is -4.94. The van der Waals surface area contributed by atoms with Crippen molar-refractivity contribution in [3.05, 3.63) is 0 Å². The molecule has 5 atom stereocenters. The van der Waals surface area contributed by atoms with Crippen molar-refractivity contribution in [2.75, 3.05) is 13.7 Å². The van der Waals surface area contributed by atoms with Crippen LogP contribution in [0.3, 0.4) is 0 Å². The van der Waals surface area contributed by atoms with Crippen molar-refractivity contribution in [1.29, 1.82) is 0 Å². The molecule has 1 aliphatic heterocycles. The lowest BCUT2D eigenvalue weighted by molar-refractivity contribution is -0.282. The van der Waals surface area contributed by atoms with Crippen LogP contribution in [0.2, 0.25) is 0 Å². The number of likely N-dealkylation sites (N-methyl/N-ethyl adjacent to an activating group) is 1. The van der Waals surface area contributed by atoms with E-state index in [0.29, 0.717) is 0 Å². The molecule has 0 bridgehead atoms. The Bertz CT molecular complexity index is 633. The number of hydrogen-bond acceptors (Lipinski definition) is 10. The van der Waals surface area contributed by atoms with Gasteiger partial charge in [-0.25, -0.2) is 0 Å². The van der Waals surface area contributed by atoms with Gasteiger partial charge in [0.2, 0.25) is 12.2 Å². The molecule has 0 spiro atoms. The van der Waals surface area contributed by atoms with Crippen molar-refractivity contribution in [3.8, 4) is 0 Å². The summed E-state index contributed by atoms with van der Waals surface area (Å²) in [4.78, 5) is 59.1. The van der Waals surface area contributed by atoms with Crippen LogP contribution in [0.15, 0.2) is 0 Å². The minimum atomic E-state index is -1.36.